The molecule has 4 heterocycles. The number of anilines is 1. The molecule has 1 saturated carbocycles. The molecule has 29 heavy (non-hydrogen) atoms. The van der Waals surface area contributed by atoms with Crippen molar-refractivity contribution >= 4 is 22.6 Å². The number of hydrogen-bond donors (Lipinski definition) is 2. The van der Waals surface area contributed by atoms with E-state index in [1.54, 1.807) is 18.5 Å². The molecule has 0 saturated heterocycles. The normalized spacial score (nSPS) is 17.2. The van der Waals surface area contributed by atoms with Gasteiger partial charge in [0.2, 0.25) is 17.8 Å². The molecule has 0 unspecified atom stereocenters. The van der Waals surface area contributed by atoms with E-state index < -0.39 is 11.9 Å². The molecule has 2 N–H and O–H groups in total. The zero-order chi connectivity index (χ0) is 20.0. The Morgan fingerprint density at radius 1 is 1.17 bits per heavy atom. The fourth-order valence-corrected chi connectivity index (χ4v) is 3.88. The summed E-state index contributed by atoms with van der Waals surface area (Å²) in [5.74, 6) is -2.29. The van der Waals surface area contributed by atoms with Crippen molar-refractivity contribution in [2.75, 3.05) is 11.9 Å². The fourth-order valence-electron chi connectivity index (χ4n) is 3.88. The van der Waals surface area contributed by atoms with Crippen molar-refractivity contribution in [3.63, 3.8) is 0 Å². The number of alkyl halides is 2. The minimum absolute atomic E-state index is 0.0545. The summed E-state index contributed by atoms with van der Waals surface area (Å²) >= 11 is 0. The third-order valence-corrected chi connectivity index (χ3v) is 5.59. The molecule has 4 aromatic heterocycles. The van der Waals surface area contributed by atoms with Gasteiger partial charge in [0.25, 0.3) is 0 Å². The Labute approximate surface area is 164 Å². The van der Waals surface area contributed by atoms with Gasteiger partial charge in [-0.1, -0.05) is 0 Å². The van der Waals surface area contributed by atoms with Crippen LogP contribution in [0.15, 0.2) is 36.9 Å². The van der Waals surface area contributed by atoms with E-state index in [4.69, 9.17) is 0 Å². The number of rotatable bonds is 4. The van der Waals surface area contributed by atoms with Crippen LogP contribution in [-0.4, -0.2) is 36.8 Å². The summed E-state index contributed by atoms with van der Waals surface area (Å²) in [4.78, 5) is 16.0. The molecular weight excluding hydrogens is 381 g/mol. The van der Waals surface area contributed by atoms with Gasteiger partial charge in [-0.25, -0.2) is 18.7 Å². The van der Waals surface area contributed by atoms with Crippen LogP contribution in [0.5, 0.6) is 0 Å². The van der Waals surface area contributed by atoms with Crippen molar-refractivity contribution < 1.29 is 13.2 Å². The summed E-state index contributed by atoms with van der Waals surface area (Å²) in [6, 6.07) is 3.62. The summed E-state index contributed by atoms with van der Waals surface area (Å²) in [6.07, 6.45) is 7.28. The van der Waals surface area contributed by atoms with Crippen molar-refractivity contribution in [2.45, 2.75) is 31.6 Å². The first-order valence-corrected chi connectivity index (χ1v) is 9.57. The van der Waals surface area contributed by atoms with Crippen molar-refractivity contribution in [3.05, 3.63) is 42.9 Å². The highest BCUT2D eigenvalue weighted by atomic mass is 19.3. The largest absolute Gasteiger partial charge is 0.354 e. The van der Waals surface area contributed by atoms with Crippen LogP contribution in [-0.2, 0) is 0 Å². The summed E-state index contributed by atoms with van der Waals surface area (Å²) < 4.78 is 41.8. The first-order chi connectivity index (χ1) is 14.0. The topological polar surface area (TPSA) is 70.9 Å². The number of nitrogens with zero attached hydrogens (tertiary/aromatic N) is 4. The van der Waals surface area contributed by atoms with E-state index >= 15 is 0 Å². The van der Waals surface area contributed by atoms with Crippen LogP contribution in [0.3, 0.4) is 0 Å². The third kappa shape index (κ3) is 3.41. The number of H-pyrrole nitrogens is 1. The SMILES string of the molecule is Fc1cnc2ccc(-c3c[nH]c4nc(NCC5CCC(F)(F)CC5)ncc34)cn12. The van der Waals surface area contributed by atoms with Crippen molar-refractivity contribution in [1.82, 2.24) is 24.3 Å². The number of fused-ring (bicyclic) bond motifs is 2. The highest BCUT2D eigenvalue weighted by Gasteiger charge is 2.34. The highest BCUT2D eigenvalue weighted by Crippen LogP contribution is 2.36. The van der Waals surface area contributed by atoms with Gasteiger partial charge in [0.1, 0.15) is 11.3 Å². The number of aromatic amines is 1. The van der Waals surface area contributed by atoms with Crippen LogP contribution >= 0.6 is 0 Å². The lowest BCUT2D eigenvalue weighted by Gasteiger charge is -2.28. The Bertz CT molecular complexity index is 1170. The van der Waals surface area contributed by atoms with Crippen molar-refractivity contribution in [2.24, 2.45) is 5.92 Å². The number of halogens is 3. The number of imidazole rings is 1. The Hall–Kier alpha value is -3.10. The molecule has 1 fully saturated rings. The molecule has 6 nitrogen and oxygen atoms in total. The minimum atomic E-state index is -2.52. The predicted molar refractivity (Wildman–Crippen MR) is 103 cm³/mol. The average Bonchev–Trinajstić information content (AvgIpc) is 3.30. The van der Waals surface area contributed by atoms with Crippen molar-refractivity contribution in [1.29, 1.82) is 0 Å². The molecule has 1 aliphatic rings. The second-order valence-corrected chi connectivity index (χ2v) is 7.57. The van der Waals surface area contributed by atoms with E-state index in [-0.39, 0.29) is 18.8 Å². The fraction of sp³-hybridized carbons (Fsp3) is 0.350. The highest BCUT2D eigenvalue weighted by molar-refractivity contribution is 5.93. The molecule has 0 amide bonds. The maximum Gasteiger partial charge on any atom is 0.248 e. The van der Waals surface area contributed by atoms with Crippen LogP contribution < -0.4 is 5.32 Å². The van der Waals surface area contributed by atoms with E-state index in [9.17, 15) is 13.2 Å². The van der Waals surface area contributed by atoms with Crippen LogP contribution in [0.25, 0.3) is 27.8 Å². The minimum Gasteiger partial charge on any atom is -0.354 e. The Kier molecular flexibility index (Phi) is 4.18. The third-order valence-electron chi connectivity index (χ3n) is 5.59. The summed E-state index contributed by atoms with van der Waals surface area (Å²) in [5.41, 5.74) is 2.86. The molecule has 1 aliphatic carbocycles. The molecule has 0 bridgehead atoms. The molecule has 0 spiro atoms. The van der Waals surface area contributed by atoms with E-state index in [1.807, 2.05) is 12.3 Å². The van der Waals surface area contributed by atoms with Crippen LogP contribution in [0.1, 0.15) is 25.7 Å². The maximum atomic E-state index is 13.8. The van der Waals surface area contributed by atoms with Crippen molar-refractivity contribution in [3.8, 4) is 11.1 Å². The molecule has 5 rings (SSSR count). The predicted octanol–water partition coefficient (Wildman–Crippen LogP) is 4.65. The number of hydrogen-bond acceptors (Lipinski definition) is 4. The van der Waals surface area contributed by atoms with Crippen LogP contribution in [0.4, 0.5) is 19.1 Å². The van der Waals surface area contributed by atoms with E-state index in [1.165, 1.54) is 10.6 Å². The first kappa shape index (κ1) is 18.0. The Morgan fingerprint density at radius 3 is 2.83 bits per heavy atom. The van der Waals surface area contributed by atoms with Gasteiger partial charge in [-0.2, -0.15) is 9.37 Å². The molecule has 0 atom stereocenters. The second kappa shape index (κ2) is 6.75. The van der Waals surface area contributed by atoms with Gasteiger partial charge in [0, 0.05) is 54.5 Å². The van der Waals surface area contributed by atoms with Gasteiger partial charge in [0.05, 0.1) is 6.20 Å². The standard InChI is InChI=1S/C20H19F3N6/c21-16-10-24-17-2-1-13(11-29(16)17)14-8-25-18-15(14)9-27-19(28-18)26-7-12-3-5-20(22,23)6-4-12/h1-2,8-12H,3-7H2,(H2,25,26,27,28). The van der Waals surface area contributed by atoms with E-state index in [0.717, 1.165) is 16.5 Å². The first-order valence-electron chi connectivity index (χ1n) is 9.57. The molecule has 9 heteroatoms. The van der Waals surface area contributed by atoms with Gasteiger partial charge in [-0.15, -0.1) is 0 Å². The molecule has 0 aromatic carbocycles. The van der Waals surface area contributed by atoms with E-state index in [0.29, 0.717) is 36.6 Å². The summed E-state index contributed by atoms with van der Waals surface area (Å²) in [7, 11) is 0. The smallest absolute Gasteiger partial charge is 0.248 e. The summed E-state index contributed by atoms with van der Waals surface area (Å²) in [6.45, 7) is 0.575. The monoisotopic (exact) mass is 400 g/mol. The molecule has 150 valence electrons. The van der Waals surface area contributed by atoms with Gasteiger partial charge < -0.3 is 10.3 Å². The van der Waals surface area contributed by atoms with Gasteiger partial charge in [-0.3, -0.25) is 4.40 Å². The summed E-state index contributed by atoms with van der Waals surface area (Å²) in [5, 5.41) is 3.97. The number of pyridine rings is 1. The number of nitrogens with one attached hydrogen (secondary N) is 2. The number of aromatic nitrogens is 5. The van der Waals surface area contributed by atoms with Crippen LogP contribution in [0.2, 0.25) is 0 Å². The van der Waals surface area contributed by atoms with E-state index in [2.05, 4.69) is 25.3 Å². The van der Waals surface area contributed by atoms with Crippen LogP contribution in [0, 0.1) is 11.9 Å². The van der Waals surface area contributed by atoms with Gasteiger partial charge in [0.15, 0.2) is 0 Å². The maximum absolute atomic E-state index is 13.8. The van der Waals surface area contributed by atoms with Gasteiger partial charge >= 0.3 is 0 Å². The lowest BCUT2D eigenvalue weighted by Crippen LogP contribution is -2.28. The lowest BCUT2D eigenvalue weighted by molar-refractivity contribution is -0.0443. The zero-order valence-corrected chi connectivity index (χ0v) is 15.5. The second-order valence-electron chi connectivity index (χ2n) is 7.57. The Balaban J connectivity index is 1.35. The molecule has 0 aliphatic heterocycles. The Morgan fingerprint density at radius 2 is 2.00 bits per heavy atom. The molecule has 4 aromatic rings. The lowest BCUT2D eigenvalue weighted by atomic mass is 9.87. The molecular formula is C20H19F3N6. The zero-order valence-electron chi connectivity index (χ0n) is 15.5. The molecule has 0 radical (unpaired) electrons. The average molecular weight is 400 g/mol. The quantitative estimate of drug-likeness (QED) is 0.523. The van der Waals surface area contributed by atoms with Gasteiger partial charge in [-0.05, 0) is 30.9 Å².